The van der Waals surface area contributed by atoms with Gasteiger partial charge in [0.1, 0.15) is 0 Å². The van der Waals surface area contributed by atoms with E-state index in [4.69, 9.17) is 18.9 Å². The van der Waals surface area contributed by atoms with Gasteiger partial charge in [-0.15, -0.1) is 0 Å². The summed E-state index contributed by atoms with van der Waals surface area (Å²) in [6.45, 7) is 3.83. The van der Waals surface area contributed by atoms with Gasteiger partial charge in [-0.1, -0.05) is 30.3 Å². The van der Waals surface area contributed by atoms with E-state index in [9.17, 15) is 9.59 Å². The molecule has 0 unspecified atom stereocenters. The number of amides is 1. The molecule has 8 heteroatoms. The number of nitrogens with one attached hydrogen (secondary N) is 2. The number of para-hydroxylation sites is 1. The van der Waals surface area contributed by atoms with Crippen molar-refractivity contribution in [3.63, 3.8) is 0 Å². The van der Waals surface area contributed by atoms with Crippen molar-refractivity contribution in [2.24, 2.45) is 0 Å². The molecule has 5 rings (SSSR count). The Hall–Kier alpha value is -4.72. The lowest BCUT2D eigenvalue weighted by Crippen LogP contribution is -2.37. The summed E-state index contributed by atoms with van der Waals surface area (Å²) in [7, 11) is 6.34. The monoisotopic (exact) mass is 568 g/mol. The fourth-order valence-corrected chi connectivity index (χ4v) is 5.95. The number of anilines is 1. The van der Waals surface area contributed by atoms with Crippen LogP contribution in [0.3, 0.4) is 0 Å². The number of hydrogen-bond acceptors (Lipinski definition) is 7. The van der Waals surface area contributed by atoms with Crippen molar-refractivity contribution in [1.29, 1.82) is 0 Å². The predicted molar refractivity (Wildman–Crippen MR) is 161 cm³/mol. The molecule has 0 aromatic heterocycles. The highest BCUT2D eigenvalue weighted by molar-refractivity contribution is 6.10. The second kappa shape index (κ2) is 12.0. The van der Waals surface area contributed by atoms with Crippen LogP contribution in [0.2, 0.25) is 0 Å². The molecule has 2 N–H and O–H groups in total. The van der Waals surface area contributed by atoms with Crippen LogP contribution in [0.15, 0.2) is 83.2 Å². The van der Waals surface area contributed by atoms with Crippen molar-refractivity contribution < 1.29 is 28.5 Å². The number of carbonyl (C=O) groups excluding carboxylic acids is 2. The summed E-state index contributed by atoms with van der Waals surface area (Å²) in [5.74, 6) is 1.41. The van der Waals surface area contributed by atoms with Crippen LogP contribution in [0, 0.1) is 6.92 Å². The number of allylic oxidation sites excluding steroid dienone is 3. The lowest BCUT2D eigenvalue weighted by Gasteiger charge is -2.37. The third-order valence-electron chi connectivity index (χ3n) is 8.09. The molecule has 0 radical (unpaired) electrons. The van der Waals surface area contributed by atoms with Crippen LogP contribution in [0.4, 0.5) is 5.69 Å². The first-order chi connectivity index (χ1) is 20.3. The van der Waals surface area contributed by atoms with Gasteiger partial charge in [0.25, 0.3) is 5.91 Å². The zero-order valence-corrected chi connectivity index (χ0v) is 24.8. The molecule has 0 saturated heterocycles. The normalized spacial score (nSPS) is 18.2. The topological polar surface area (TPSA) is 95.1 Å². The molecule has 8 nitrogen and oxygen atoms in total. The first-order valence-corrected chi connectivity index (χ1v) is 13.8. The molecule has 1 aliphatic carbocycles. The van der Waals surface area contributed by atoms with E-state index in [1.54, 1.807) is 28.4 Å². The summed E-state index contributed by atoms with van der Waals surface area (Å²) in [6, 6.07) is 18.9. The highest BCUT2D eigenvalue weighted by atomic mass is 16.5. The van der Waals surface area contributed by atoms with Gasteiger partial charge in [0.15, 0.2) is 28.8 Å². The minimum absolute atomic E-state index is 0.0167. The molecule has 2 atom stereocenters. The summed E-state index contributed by atoms with van der Waals surface area (Å²) < 4.78 is 22.0. The first-order valence-electron chi connectivity index (χ1n) is 13.8. The van der Waals surface area contributed by atoms with Crippen molar-refractivity contribution in [2.45, 2.75) is 38.5 Å². The molecule has 0 bridgehead atoms. The Morgan fingerprint density at radius 3 is 2.00 bits per heavy atom. The summed E-state index contributed by atoms with van der Waals surface area (Å²) >= 11 is 0. The van der Waals surface area contributed by atoms with E-state index >= 15 is 0 Å². The molecule has 0 saturated carbocycles. The Morgan fingerprint density at radius 1 is 0.786 bits per heavy atom. The Morgan fingerprint density at radius 2 is 1.38 bits per heavy atom. The van der Waals surface area contributed by atoms with E-state index < -0.39 is 5.92 Å². The number of Topliss-reactive ketones (excluding diaryl/α,β-unsaturated/α-hetero) is 1. The van der Waals surface area contributed by atoms with Crippen LogP contribution < -0.4 is 29.6 Å². The highest BCUT2D eigenvalue weighted by Crippen LogP contribution is 2.47. The molecule has 0 fully saturated rings. The van der Waals surface area contributed by atoms with Gasteiger partial charge in [-0.3, -0.25) is 9.59 Å². The molecular formula is C34H36N2O6. The minimum atomic E-state index is -0.594. The minimum Gasteiger partial charge on any atom is -0.493 e. The Bertz CT molecular complexity index is 1610. The third kappa shape index (κ3) is 5.32. The van der Waals surface area contributed by atoms with Crippen molar-refractivity contribution in [3.05, 3.63) is 99.9 Å². The van der Waals surface area contributed by atoms with E-state index in [1.807, 2.05) is 74.5 Å². The van der Waals surface area contributed by atoms with Gasteiger partial charge in [0, 0.05) is 40.6 Å². The van der Waals surface area contributed by atoms with Crippen LogP contribution in [-0.2, 0) is 9.59 Å². The molecule has 0 spiro atoms. The second-order valence-corrected chi connectivity index (χ2v) is 10.5. The fraction of sp³-hybridized carbons (Fsp3) is 0.294. The number of aryl methyl sites for hydroxylation is 1. The molecular weight excluding hydrogens is 532 g/mol. The van der Waals surface area contributed by atoms with E-state index in [0.717, 1.165) is 28.1 Å². The maximum atomic E-state index is 14.1. The Balaban J connectivity index is 1.59. The second-order valence-electron chi connectivity index (χ2n) is 10.5. The zero-order valence-electron chi connectivity index (χ0n) is 24.8. The quantitative estimate of drug-likeness (QED) is 0.343. The maximum Gasteiger partial charge on any atom is 0.254 e. The number of rotatable bonds is 8. The molecule has 3 aromatic carbocycles. The van der Waals surface area contributed by atoms with Gasteiger partial charge in [-0.2, -0.15) is 0 Å². The van der Waals surface area contributed by atoms with Crippen molar-refractivity contribution in [1.82, 2.24) is 5.32 Å². The summed E-state index contributed by atoms with van der Waals surface area (Å²) in [5.41, 5.74) is 6.02. The van der Waals surface area contributed by atoms with Crippen LogP contribution >= 0.6 is 0 Å². The number of hydrogen-bond donors (Lipinski definition) is 2. The van der Waals surface area contributed by atoms with Crippen molar-refractivity contribution >= 4 is 17.4 Å². The third-order valence-corrected chi connectivity index (χ3v) is 8.09. The summed E-state index contributed by atoms with van der Waals surface area (Å²) in [5, 5.41) is 6.52. The van der Waals surface area contributed by atoms with Gasteiger partial charge >= 0.3 is 0 Å². The van der Waals surface area contributed by atoms with Crippen molar-refractivity contribution in [3.8, 4) is 23.0 Å². The van der Waals surface area contributed by atoms with Gasteiger partial charge in [0.05, 0.1) is 28.4 Å². The standard InChI is InChI=1S/C34H36N2O6/c1-19-9-7-8-10-24(19)36-34(38)31-20(2)35-25-15-23(21-11-13-27(39-3)29(17-21)41-5)16-26(37)33(25)32(31)22-12-14-28(40-4)30(18-22)42-6/h7-14,17-18,23,32,35H,15-16H2,1-6H3,(H,36,38)/t23-,32-/m0/s1. The van der Waals surface area contributed by atoms with Gasteiger partial charge in [-0.05, 0) is 73.2 Å². The number of dihydropyridines is 1. The van der Waals surface area contributed by atoms with Crippen LogP contribution in [0.5, 0.6) is 23.0 Å². The first kappa shape index (κ1) is 28.8. The molecule has 42 heavy (non-hydrogen) atoms. The van der Waals surface area contributed by atoms with E-state index in [0.29, 0.717) is 52.7 Å². The predicted octanol–water partition coefficient (Wildman–Crippen LogP) is 6.03. The molecule has 1 amide bonds. The number of methoxy groups -OCH3 is 4. The SMILES string of the molecule is COc1ccc([C@@H]2CC(=O)C3=C(C2)NC(C)=C(C(=O)Nc2ccccc2C)[C@@H]3c2ccc(OC)c(OC)c2)cc1OC. The molecule has 2 aliphatic rings. The number of carbonyl (C=O) groups is 2. The smallest absolute Gasteiger partial charge is 0.254 e. The van der Waals surface area contributed by atoms with Crippen LogP contribution in [0.1, 0.15) is 48.3 Å². The zero-order chi connectivity index (χ0) is 30.0. The van der Waals surface area contributed by atoms with E-state index in [1.165, 1.54) is 0 Å². The maximum absolute atomic E-state index is 14.1. The van der Waals surface area contributed by atoms with Gasteiger partial charge < -0.3 is 29.6 Å². The van der Waals surface area contributed by atoms with E-state index in [2.05, 4.69) is 10.6 Å². The van der Waals surface area contributed by atoms with Crippen LogP contribution in [-0.4, -0.2) is 40.1 Å². The summed E-state index contributed by atoms with van der Waals surface area (Å²) in [4.78, 5) is 28.0. The average Bonchev–Trinajstić information content (AvgIpc) is 3.00. The average molecular weight is 569 g/mol. The Labute approximate surface area is 246 Å². The van der Waals surface area contributed by atoms with Crippen LogP contribution in [0.25, 0.3) is 0 Å². The largest absolute Gasteiger partial charge is 0.493 e. The molecule has 3 aromatic rings. The molecule has 1 heterocycles. The molecule has 1 aliphatic heterocycles. The fourth-order valence-electron chi connectivity index (χ4n) is 5.95. The Kier molecular flexibility index (Phi) is 8.24. The van der Waals surface area contributed by atoms with Gasteiger partial charge in [0.2, 0.25) is 0 Å². The number of ketones is 1. The number of benzene rings is 3. The lowest BCUT2D eigenvalue weighted by atomic mass is 9.71. The van der Waals surface area contributed by atoms with Gasteiger partial charge in [-0.25, -0.2) is 0 Å². The number of ether oxygens (including phenoxy) is 4. The van der Waals surface area contributed by atoms with E-state index in [-0.39, 0.29) is 17.6 Å². The molecule has 218 valence electrons. The highest BCUT2D eigenvalue weighted by Gasteiger charge is 2.41. The van der Waals surface area contributed by atoms with Crippen molar-refractivity contribution in [2.75, 3.05) is 33.8 Å². The lowest BCUT2D eigenvalue weighted by molar-refractivity contribution is -0.116. The summed E-state index contributed by atoms with van der Waals surface area (Å²) in [6.07, 6.45) is 0.899.